The van der Waals surface area contributed by atoms with Gasteiger partial charge < -0.3 is 19.6 Å². The molecule has 38 heavy (non-hydrogen) atoms. The largest absolute Gasteiger partial charge is 0.481 e. The Morgan fingerprint density at radius 2 is 1.63 bits per heavy atom. The highest BCUT2D eigenvalue weighted by Gasteiger charge is 2.45. The number of ether oxygens (including phenoxy) is 1. The number of anilines is 2. The van der Waals surface area contributed by atoms with E-state index < -0.39 is 24.0 Å². The first kappa shape index (κ1) is 28.8. The number of nitrogens with zero attached hydrogens (tertiary/aromatic N) is 2. The molecule has 0 saturated heterocycles. The second-order valence-electron chi connectivity index (χ2n) is 9.17. The van der Waals surface area contributed by atoms with Gasteiger partial charge in [-0.1, -0.05) is 42.8 Å². The molecule has 0 aliphatic heterocycles. The number of amides is 1. The Balaban J connectivity index is 1.92. The minimum atomic E-state index is -4.59. The number of halogens is 4. The van der Waals surface area contributed by atoms with Gasteiger partial charge in [0.05, 0.1) is 23.7 Å². The van der Waals surface area contributed by atoms with Crippen LogP contribution < -0.4 is 14.5 Å². The molecule has 2 atom stereocenters. The normalized spacial score (nSPS) is 12.9. The van der Waals surface area contributed by atoms with Crippen LogP contribution in [0.4, 0.5) is 24.5 Å². The van der Waals surface area contributed by atoms with E-state index in [0.717, 1.165) is 0 Å². The van der Waals surface area contributed by atoms with Crippen molar-refractivity contribution < 1.29 is 32.6 Å². The lowest BCUT2D eigenvalue weighted by Crippen LogP contribution is -2.27. The molecule has 0 saturated carbocycles. The molecule has 3 aromatic rings. The summed E-state index contributed by atoms with van der Waals surface area (Å²) in [4.78, 5) is 25.2. The van der Waals surface area contributed by atoms with E-state index in [2.05, 4.69) is 0 Å². The molecular formula is C28H28ClF3N2O4. The standard InChI is InChI=1S/C28H28ClF3N2O4/c1-17(27(28(30,31)32)19-7-12-24(33(2)3)25(14-19)34(4)16-35)22-11-10-21(15-23(22)29)38-20-8-5-18(6-9-20)13-26(36)37/h5-12,14-17,27H,13H2,1-4H3,(H,36,37). The summed E-state index contributed by atoms with van der Waals surface area (Å²) in [6, 6.07) is 15.3. The number of hydrogen-bond acceptors (Lipinski definition) is 4. The predicted molar refractivity (Wildman–Crippen MR) is 142 cm³/mol. The van der Waals surface area contributed by atoms with Crippen LogP contribution in [0.5, 0.6) is 11.5 Å². The molecule has 0 fully saturated rings. The maximum Gasteiger partial charge on any atom is 0.396 e. The van der Waals surface area contributed by atoms with Crippen molar-refractivity contribution in [2.45, 2.75) is 31.4 Å². The Morgan fingerprint density at radius 1 is 1.00 bits per heavy atom. The molecule has 0 radical (unpaired) electrons. The van der Waals surface area contributed by atoms with Crippen molar-refractivity contribution >= 4 is 35.4 Å². The molecule has 3 rings (SSSR count). The monoisotopic (exact) mass is 548 g/mol. The third-order valence-electron chi connectivity index (χ3n) is 6.21. The highest BCUT2D eigenvalue weighted by atomic mass is 35.5. The molecule has 1 amide bonds. The number of alkyl halides is 3. The van der Waals surface area contributed by atoms with Crippen molar-refractivity contribution in [3.8, 4) is 11.5 Å². The van der Waals surface area contributed by atoms with Crippen molar-refractivity contribution in [3.63, 3.8) is 0 Å². The zero-order chi connectivity index (χ0) is 28.2. The number of carboxylic acid groups (broad SMARTS) is 1. The fraction of sp³-hybridized carbons (Fsp3) is 0.286. The van der Waals surface area contributed by atoms with Crippen molar-refractivity contribution in [2.75, 3.05) is 30.9 Å². The first-order valence-electron chi connectivity index (χ1n) is 11.7. The summed E-state index contributed by atoms with van der Waals surface area (Å²) in [6.07, 6.45) is -4.16. The lowest BCUT2D eigenvalue weighted by atomic mass is 9.81. The molecule has 0 aliphatic carbocycles. The van der Waals surface area contributed by atoms with Crippen LogP contribution in [0, 0.1) is 0 Å². The van der Waals surface area contributed by atoms with Gasteiger partial charge in [-0.15, -0.1) is 0 Å². The average Bonchev–Trinajstić information content (AvgIpc) is 2.83. The Labute approximate surface area is 224 Å². The molecule has 202 valence electrons. The average molecular weight is 549 g/mol. The molecule has 0 bridgehead atoms. The smallest absolute Gasteiger partial charge is 0.396 e. The Hall–Kier alpha value is -3.72. The number of hydrogen-bond donors (Lipinski definition) is 1. The maximum atomic E-state index is 14.4. The van der Waals surface area contributed by atoms with Gasteiger partial charge in [-0.25, -0.2) is 0 Å². The number of rotatable bonds is 10. The SMILES string of the molecule is CC(c1ccc(Oc2ccc(CC(=O)O)cc2)cc1Cl)C(c1ccc(N(C)C)c(N(C)C=O)c1)C(F)(F)F. The van der Waals surface area contributed by atoms with Crippen LogP contribution >= 0.6 is 11.6 Å². The highest BCUT2D eigenvalue weighted by molar-refractivity contribution is 6.31. The van der Waals surface area contributed by atoms with E-state index in [1.807, 2.05) is 0 Å². The molecule has 10 heteroatoms. The van der Waals surface area contributed by atoms with Gasteiger partial charge in [0.2, 0.25) is 6.41 Å². The molecule has 1 N–H and O–H groups in total. The maximum absolute atomic E-state index is 14.4. The van der Waals surface area contributed by atoms with Crippen molar-refractivity contribution in [3.05, 3.63) is 82.4 Å². The molecule has 3 aromatic carbocycles. The van der Waals surface area contributed by atoms with E-state index >= 15 is 0 Å². The van der Waals surface area contributed by atoms with Crippen LogP contribution in [0.2, 0.25) is 5.02 Å². The van der Waals surface area contributed by atoms with Crippen LogP contribution in [-0.4, -0.2) is 44.8 Å². The lowest BCUT2D eigenvalue weighted by Gasteiger charge is -2.30. The van der Waals surface area contributed by atoms with Gasteiger partial charge in [0.1, 0.15) is 11.5 Å². The predicted octanol–water partition coefficient (Wildman–Crippen LogP) is 6.87. The summed E-state index contributed by atoms with van der Waals surface area (Å²) in [6.45, 7) is 1.46. The summed E-state index contributed by atoms with van der Waals surface area (Å²) in [5.41, 5.74) is 1.87. The van der Waals surface area contributed by atoms with E-state index in [0.29, 0.717) is 40.4 Å². The summed E-state index contributed by atoms with van der Waals surface area (Å²) in [5.74, 6) is -3.13. The zero-order valence-electron chi connectivity index (χ0n) is 21.3. The first-order valence-corrected chi connectivity index (χ1v) is 12.0. The summed E-state index contributed by atoms with van der Waals surface area (Å²) in [5, 5.41) is 9.00. The lowest BCUT2D eigenvalue weighted by molar-refractivity contribution is -0.154. The molecular weight excluding hydrogens is 521 g/mol. The zero-order valence-corrected chi connectivity index (χ0v) is 22.0. The van der Waals surface area contributed by atoms with E-state index in [9.17, 15) is 22.8 Å². The molecule has 0 heterocycles. The molecule has 2 unspecified atom stereocenters. The van der Waals surface area contributed by atoms with Crippen LogP contribution in [0.3, 0.4) is 0 Å². The fourth-order valence-electron chi connectivity index (χ4n) is 4.32. The number of carbonyl (C=O) groups excluding carboxylic acids is 1. The third-order valence-corrected chi connectivity index (χ3v) is 6.54. The minimum absolute atomic E-state index is 0.0112. The molecule has 6 nitrogen and oxygen atoms in total. The Bertz CT molecular complexity index is 1300. The van der Waals surface area contributed by atoms with Gasteiger partial charge in [0, 0.05) is 26.2 Å². The summed E-state index contributed by atoms with van der Waals surface area (Å²) in [7, 11) is 4.98. The third kappa shape index (κ3) is 6.77. The van der Waals surface area contributed by atoms with Crippen LogP contribution in [0.1, 0.15) is 35.4 Å². The van der Waals surface area contributed by atoms with Gasteiger partial charge >= 0.3 is 12.1 Å². The van der Waals surface area contributed by atoms with Crippen molar-refractivity contribution in [1.82, 2.24) is 0 Å². The molecule has 0 aromatic heterocycles. The number of benzene rings is 3. The number of carbonyl (C=O) groups is 2. The quantitative estimate of drug-likeness (QED) is 0.280. The number of carboxylic acids is 1. The van der Waals surface area contributed by atoms with Crippen molar-refractivity contribution in [1.29, 1.82) is 0 Å². The summed E-state index contributed by atoms with van der Waals surface area (Å²) >= 11 is 6.45. The van der Waals surface area contributed by atoms with Gasteiger partial charge in [-0.05, 0) is 59.0 Å². The van der Waals surface area contributed by atoms with Crippen molar-refractivity contribution in [2.24, 2.45) is 0 Å². The molecule has 0 aliphatic rings. The Morgan fingerprint density at radius 3 is 2.16 bits per heavy atom. The van der Waals surface area contributed by atoms with Gasteiger partial charge in [-0.2, -0.15) is 13.2 Å². The van der Waals surface area contributed by atoms with E-state index in [-0.39, 0.29) is 17.0 Å². The van der Waals surface area contributed by atoms with Crippen LogP contribution in [0.15, 0.2) is 60.7 Å². The van der Waals surface area contributed by atoms with E-state index in [4.69, 9.17) is 21.4 Å². The fourth-order valence-corrected chi connectivity index (χ4v) is 4.66. The second-order valence-corrected chi connectivity index (χ2v) is 9.57. The summed E-state index contributed by atoms with van der Waals surface area (Å²) < 4.78 is 49.0. The second kappa shape index (κ2) is 11.8. The minimum Gasteiger partial charge on any atom is -0.481 e. The van der Waals surface area contributed by atoms with Gasteiger partial charge in [0.25, 0.3) is 0 Å². The van der Waals surface area contributed by atoms with Gasteiger partial charge in [0.15, 0.2) is 0 Å². The Kier molecular flexibility index (Phi) is 8.93. The van der Waals surface area contributed by atoms with E-state index in [1.165, 1.54) is 49.2 Å². The van der Waals surface area contributed by atoms with Crippen LogP contribution in [-0.2, 0) is 16.0 Å². The topological polar surface area (TPSA) is 70.1 Å². The number of aliphatic carboxylic acids is 1. The molecule has 0 spiro atoms. The first-order chi connectivity index (χ1) is 17.8. The van der Waals surface area contributed by atoms with Gasteiger partial charge in [-0.3, -0.25) is 9.59 Å². The highest BCUT2D eigenvalue weighted by Crippen LogP contribution is 2.48. The van der Waals surface area contributed by atoms with E-state index in [1.54, 1.807) is 49.3 Å². The van der Waals surface area contributed by atoms with Crippen LogP contribution in [0.25, 0.3) is 0 Å².